The normalized spacial score (nSPS) is 10.3. The highest BCUT2D eigenvalue weighted by Gasteiger charge is 2.04. The summed E-state index contributed by atoms with van der Waals surface area (Å²) in [4.78, 5) is 11.8. The van der Waals surface area contributed by atoms with Gasteiger partial charge < -0.3 is 5.32 Å². The number of hydrogen-bond acceptors (Lipinski definition) is 1. The first-order chi connectivity index (χ1) is 9.65. The number of nitrogens with one attached hydrogen (secondary N) is 1. The van der Waals surface area contributed by atoms with Crippen LogP contribution in [0.1, 0.15) is 17.5 Å². The Morgan fingerprint density at radius 3 is 2.60 bits per heavy atom. The van der Waals surface area contributed by atoms with Gasteiger partial charge in [-0.15, -0.1) is 0 Å². The third-order valence-corrected chi connectivity index (χ3v) is 3.57. The lowest BCUT2D eigenvalue weighted by Crippen LogP contribution is -2.23. The number of aryl methyl sites for hydroxylation is 1. The highest BCUT2D eigenvalue weighted by atomic mass is 35.5. The Labute approximate surface area is 128 Å². The molecule has 0 aliphatic heterocycles. The molecule has 4 heteroatoms. The first kappa shape index (κ1) is 14.9. The summed E-state index contributed by atoms with van der Waals surface area (Å²) in [7, 11) is 0. The zero-order chi connectivity index (χ0) is 14.4. The van der Waals surface area contributed by atoms with E-state index in [0.29, 0.717) is 29.4 Å². The van der Waals surface area contributed by atoms with Crippen molar-refractivity contribution in [3.8, 4) is 0 Å². The fourth-order valence-corrected chi connectivity index (χ4v) is 2.29. The van der Waals surface area contributed by atoms with Crippen LogP contribution in [-0.2, 0) is 17.8 Å². The molecule has 0 bridgehead atoms. The maximum atomic E-state index is 11.8. The van der Waals surface area contributed by atoms with Crippen LogP contribution in [0.3, 0.4) is 0 Å². The second kappa shape index (κ2) is 7.32. The summed E-state index contributed by atoms with van der Waals surface area (Å²) < 4.78 is 0. The largest absolute Gasteiger partial charge is 0.352 e. The van der Waals surface area contributed by atoms with E-state index in [9.17, 15) is 4.79 Å². The van der Waals surface area contributed by atoms with E-state index in [-0.39, 0.29) is 5.91 Å². The summed E-state index contributed by atoms with van der Waals surface area (Å²) in [6.07, 6.45) is 1.11. The van der Waals surface area contributed by atoms with Crippen LogP contribution in [0.5, 0.6) is 0 Å². The highest BCUT2D eigenvalue weighted by Crippen LogP contribution is 2.15. The first-order valence-corrected chi connectivity index (χ1v) is 7.15. The molecule has 2 rings (SSSR count). The maximum Gasteiger partial charge on any atom is 0.220 e. The van der Waals surface area contributed by atoms with Crippen molar-refractivity contribution in [2.45, 2.75) is 19.4 Å². The lowest BCUT2D eigenvalue weighted by atomic mass is 10.1. The molecule has 0 saturated heterocycles. The number of carbonyl (C=O) groups is 1. The summed E-state index contributed by atoms with van der Waals surface area (Å²) in [6.45, 7) is 0.452. The zero-order valence-electron chi connectivity index (χ0n) is 10.9. The molecule has 0 aliphatic rings. The van der Waals surface area contributed by atoms with E-state index in [1.165, 1.54) is 0 Å². The van der Waals surface area contributed by atoms with E-state index in [1.54, 1.807) is 0 Å². The summed E-state index contributed by atoms with van der Waals surface area (Å²) in [5, 5.41) is 4.23. The maximum absolute atomic E-state index is 11.8. The van der Waals surface area contributed by atoms with Crippen molar-refractivity contribution in [2.24, 2.45) is 0 Å². The van der Waals surface area contributed by atoms with Crippen molar-refractivity contribution in [2.75, 3.05) is 0 Å². The van der Waals surface area contributed by atoms with Gasteiger partial charge in [-0.2, -0.15) is 0 Å². The standard InChI is InChI=1S/C16H15Cl2NO/c17-14-6-3-4-12(10-14)8-9-16(20)19-11-13-5-1-2-7-15(13)18/h1-7,10H,8-9,11H2,(H,19,20). The lowest BCUT2D eigenvalue weighted by Gasteiger charge is -2.07. The van der Waals surface area contributed by atoms with Gasteiger partial charge in [0.2, 0.25) is 5.91 Å². The van der Waals surface area contributed by atoms with Gasteiger partial charge in [0.15, 0.2) is 0 Å². The Balaban J connectivity index is 1.80. The third kappa shape index (κ3) is 4.55. The van der Waals surface area contributed by atoms with Gasteiger partial charge in [-0.05, 0) is 35.7 Å². The van der Waals surface area contributed by atoms with E-state index in [4.69, 9.17) is 23.2 Å². The zero-order valence-corrected chi connectivity index (χ0v) is 12.4. The van der Waals surface area contributed by atoms with Gasteiger partial charge >= 0.3 is 0 Å². The van der Waals surface area contributed by atoms with Crippen molar-refractivity contribution >= 4 is 29.1 Å². The average Bonchev–Trinajstić information content (AvgIpc) is 2.44. The molecule has 0 radical (unpaired) electrons. The van der Waals surface area contributed by atoms with Crippen LogP contribution in [-0.4, -0.2) is 5.91 Å². The van der Waals surface area contributed by atoms with Gasteiger partial charge in [-0.1, -0.05) is 53.5 Å². The van der Waals surface area contributed by atoms with Crippen molar-refractivity contribution < 1.29 is 4.79 Å². The molecule has 0 saturated carbocycles. The van der Waals surface area contributed by atoms with E-state index in [0.717, 1.165) is 11.1 Å². The van der Waals surface area contributed by atoms with E-state index in [2.05, 4.69) is 5.32 Å². The van der Waals surface area contributed by atoms with Crippen molar-refractivity contribution in [3.05, 3.63) is 69.7 Å². The van der Waals surface area contributed by atoms with E-state index in [1.807, 2.05) is 48.5 Å². The molecule has 0 aliphatic carbocycles. The molecule has 1 N–H and O–H groups in total. The fraction of sp³-hybridized carbons (Fsp3) is 0.188. The summed E-state index contributed by atoms with van der Waals surface area (Å²) in [6, 6.07) is 15.0. The molecule has 0 aromatic heterocycles. The van der Waals surface area contributed by atoms with Crippen molar-refractivity contribution in [1.29, 1.82) is 0 Å². The Bertz CT molecular complexity index is 599. The minimum Gasteiger partial charge on any atom is -0.352 e. The van der Waals surface area contributed by atoms with Crippen LogP contribution in [0.15, 0.2) is 48.5 Å². The molecular weight excluding hydrogens is 293 g/mol. The molecule has 2 aromatic rings. The number of amides is 1. The van der Waals surface area contributed by atoms with Gasteiger partial charge in [-0.3, -0.25) is 4.79 Å². The van der Waals surface area contributed by atoms with E-state index >= 15 is 0 Å². The predicted octanol–water partition coefficient (Wildman–Crippen LogP) is 4.24. The smallest absolute Gasteiger partial charge is 0.220 e. The van der Waals surface area contributed by atoms with Crippen molar-refractivity contribution in [1.82, 2.24) is 5.32 Å². The summed E-state index contributed by atoms with van der Waals surface area (Å²) >= 11 is 11.9. The number of halogens is 2. The van der Waals surface area contributed by atoms with Crippen molar-refractivity contribution in [3.63, 3.8) is 0 Å². The van der Waals surface area contributed by atoms with Gasteiger partial charge in [0, 0.05) is 23.0 Å². The van der Waals surface area contributed by atoms with Crippen LogP contribution in [0.25, 0.3) is 0 Å². The van der Waals surface area contributed by atoms with Gasteiger partial charge in [0.1, 0.15) is 0 Å². The molecule has 1 amide bonds. The number of hydrogen-bond donors (Lipinski definition) is 1. The Kier molecular flexibility index (Phi) is 5.45. The van der Waals surface area contributed by atoms with E-state index < -0.39 is 0 Å². The summed E-state index contributed by atoms with van der Waals surface area (Å²) in [5.74, 6) is 0.00453. The molecule has 0 atom stereocenters. The van der Waals surface area contributed by atoms with Gasteiger partial charge in [0.05, 0.1) is 0 Å². The van der Waals surface area contributed by atoms with Gasteiger partial charge in [-0.25, -0.2) is 0 Å². The lowest BCUT2D eigenvalue weighted by molar-refractivity contribution is -0.121. The average molecular weight is 308 g/mol. The van der Waals surface area contributed by atoms with Gasteiger partial charge in [0.25, 0.3) is 0 Å². The molecule has 2 aromatic carbocycles. The summed E-state index contributed by atoms with van der Waals surface area (Å²) in [5.41, 5.74) is 1.98. The van der Waals surface area contributed by atoms with Crippen LogP contribution in [0.2, 0.25) is 10.0 Å². The number of benzene rings is 2. The predicted molar refractivity (Wildman–Crippen MR) is 83.1 cm³/mol. The SMILES string of the molecule is O=C(CCc1cccc(Cl)c1)NCc1ccccc1Cl. The fourth-order valence-electron chi connectivity index (χ4n) is 1.87. The highest BCUT2D eigenvalue weighted by molar-refractivity contribution is 6.31. The Hall–Kier alpha value is -1.51. The molecular formula is C16H15Cl2NO. The van der Waals surface area contributed by atoms with Crippen LogP contribution < -0.4 is 5.32 Å². The molecule has 0 unspecified atom stereocenters. The second-order valence-corrected chi connectivity index (χ2v) is 5.34. The second-order valence-electron chi connectivity index (χ2n) is 4.50. The number of rotatable bonds is 5. The topological polar surface area (TPSA) is 29.1 Å². The van der Waals surface area contributed by atoms with Crippen LogP contribution in [0.4, 0.5) is 0 Å². The molecule has 104 valence electrons. The minimum absolute atomic E-state index is 0.00453. The Morgan fingerprint density at radius 2 is 1.85 bits per heavy atom. The quantitative estimate of drug-likeness (QED) is 0.879. The monoisotopic (exact) mass is 307 g/mol. The molecule has 20 heavy (non-hydrogen) atoms. The third-order valence-electron chi connectivity index (χ3n) is 2.96. The first-order valence-electron chi connectivity index (χ1n) is 6.40. The Morgan fingerprint density at radius 1 is 1.05 bits per heavy atom. The molecule has 2 nitrogen and oxygen atoms in total. The van der Waals surface area contributed by atoms with Crippen LogP contribution >= 0.6 is 23.2 Å². The molecule has 0 spiro atoms. The molecule has 0 fully saturated rings. The number of carbonyl (C=O) groups excluding carboxylic acids is 1. The van der Waals surface area contributed by atoms with Crippen LogP contribution in [0, 0.1) is 0 Å². The minimum atomic E-state index is 0.00453. The molecule has 0 heterocycles.